The van der Waals surface area contributed by atoms with E-state index in [4.69, 9.17) is 0 Å². The quantitative estimate of drug-likeness (QED) is 0.184. The maximum Gasteiger partial charge on any atom is 0.263 e. The Balaban J connectivity index is 1.51. The molecule has 6 nitrogen and oxygen atoms in total. The minimum Gasteiger partial charge on any atom is -0.293 e. The van der Waals surface area contributed by atoms with Crippen molar-refractivity contribution in [3.63, 3.8) is 0 Å². The summed E-state index contributed by atoms with van der Waals surface area (Å²) in [5.41, 5.74) is 6.34. The second-order valence-corrected chi connectivity index (χ2v) is 12.0. The van der Waals surface area contributed by atoms with Crippen molar-refractivity contribution in [1.82, 2.24) is 19.2 Å². The fourth-order valence-electron chi connectivity index (χ4n) is 6.73. The van der Waals surface area contributed by atoms with E-state index in [1.165, 1.54) is 23.7 Å². The zero-order chi connectivity index (χ0) is 27.3. The molecule has 2 aliphatic carbocycles. The van der Waals surface area contributed by atoms with Crippen molar-refractivity contribution in [3.05, 3.63) is 111 Å². The monoisotopic (exact) mass is 546 g/mol. The van der Waals surface area contributed by atoms with Crippen molar-refractivity contribution in [2.24, 2.45) is 0 Å². The van der Waals surface area contributed by atoms with Crippen LogP contribution in [0.4, 0.5) is 0 Å². The topological polar surface area (TPSA) is 69.3 Å². The van der Waals surface area contributed by atoms with Crippen LogP contribution in [0.2, 0.25) is 0 Å². The standard InChI is InChI=1S/C33H30N4O2S/c1-22-12-6-9-17-26(22)36-30(39)28-29(25-16-8-7-15-24(25)20-33(28)18-10-3-11-19-33)37-31(36)34-35-32(37)40-21-27(38)23-13-4-2-5-14-23/h2,4-9,12-17H,3,10-11,18-21H2,1H3. The van der Waals surface area contributed by atoms with Gasteiger partial charge in [-0.05, 0) is 43.4 Å². The van der Waals surface area contributed by atoms with Crippen molar-refractivity contribution in [3.8, 4) is 16.9 Å². The van der Waals surface area contributed by atoms with E-state index in [1.807, 2.05) is 67.6 Å². The molecule has 0 amide bonds. The van der Waals surface area contributed by atoms with Gasteiger partial charge in [0.05, 0.1) is 17.1 Å². The van der Waals surface area contributed by atoms with Gasteiger partial charge >= 0.3 is 0 Å². The van der Waals surface area contributed by atoms with Gasteiger partial charge in [0, 0.05) is 22.1 Å². The van der Waals surface area contributed by atoms with Crippen LogP contribution in [0.25, 0.3) is 22.7 Å². The summed E-state index contributed by atoms with van der Waals surface area (Å²) in [6.07, 6.45) is 6.25. The van der Waals surface area contributed by atoms with E-state index < -0.39 is 0 Å². The van der Waals surface area contributed by atoms with Crippen LogP contribution >= 0.6 is 11.8 Å². The van der Waals surface area contributed by atoms with Gasteiger partial charge in [0.25, 0.3) is 5.56 Å². The van der Waals surface area contributed by atoms with Crippen LogP contribution in [-0.2, 0) is 11.8 Å². The van der Waals surface area contributed by atoms with Crippen molar-refractivity contribution in [1.29, 1.82) is 0 Å². The van der Waals surface area contributed by atoms with Gasteiger partial charge < -0.3 is 0 Å². The SMILES string of the molecule is Cc1ccccc1-n1c(=O)c2c(n3c(SCC(=O)c4ccccc4)nnc13)-c1ccccc1CC21CCCCC1. The summed E-state index contributed by atoms with van der Waals surface area (Å²) in [6, 6.07) is 25.7. The molecule has 0 bridgehead atoms. The number of benzene rings is 3. The van der Waals surface area contributed by atoms with Gasteiger partial charge in [-0.1, -0.05) is 104 Å². The number of carbonyl (C=O) groups excluding carboxylic acids is 1. The molecule has 200 valence electrons. The Morgan fingerprint density at radius 2 is 1.62 bits per heavy atom. The molecule has 0 N–H and O–H groups in total. The van der Waals surface area contributed by atoms with E-state index >= 15 is 0 Å². The third-order valence-electron chi connectivity index (χ3n) is 8.62. The smallest absolute Gasteiger partial charge is 0.263 e. The van der Waals surface area contributed by atoms with E-state index in [9.17, 15) is 9.59 Å². The average Bonchev–Trinajstić information content (AvgIpc) is 3.41. The highest BCUT2D eigenvalue weighted by atomic mass is 32.2. The molecule has 2 aliphatic rings. The van der Waals surface area contributed by atoms with Gasteiger partial charge in [-0.25, -0.2) is 4.57 Å². The first-order valence-electron chi connectivity index (χ1n) is 14.0. The number of thioether (sulfide) groups is 1. The number of nitrogens with zero attached hydrogens (tertiary/aromatic N) is 4. The van der Waals surface area contributed by atoms with Gasteiger partial charge in [-0.2, -0.15) is 0 Å². The largest absolute Gasteiger partial charge is 0.293 e. The molecular formula is C33H30N4O2S. The molecule has 0 unspecified atom stereocenters. The molecule has 2 heterocycles. The summed E-state index contributed by atoms with van der Waals surface area (Å²) in [4.78, 5) is 27.8. The summed E-state index contributed by atoms with van der Waals surface area (Å²) in [7, 11) is 0. The molecule has 2 aromatic heterocycles. The number of Topliss-reactive ketones (excluding diaryl/α,β-unsaturated/α-hetero) is 1. The average molecular weight is 547 g/mol. The number of fused-ring (bicyclic) bond motifs is 6. The minimum atomic E-state index is -0.232. The molecule has 7 rings (SSSR count). The van der Waals surface area contributed by atoms with E-state index in [1.54, 1.807) is 4.57 Å². The Bertz CT molecular complexity index is 1820. The van der Waals surface area contributed by atoms with Gasteiger partial charge in [-0.15, -0.1) is 10.2 Å². The fourth-order valence-corrected chi connectivity index (χ4v) is 7.56. The lowest BCUT2D eigenvalue weighted by Gasteiger charge is -2.42. The highest BCUT2D eigenvalue weighted by Gasteiger charge is 2.44. The third kappa shape index (κ3) is 3.94. The molecule has 0 radical (unpaired) electrons. The summed E-state index contributed by atoms with van der Waals surface area (Å²) >= 11 is 1.38. The fraction of sp³-hybridized carbons (Fsp3) is 0.273. The molecule has 7 heteroatoms. The number of ketones is 1. The second-order valence-electron chi connectivity index (χ2n) is 11.0. The van der Waals surface area contributed by atoms with Crippen molar-refractivity contribution >= 4 is 23.3 Å². The summed E-state index contributed by atoms with van der Waals surface area (Å²) in [5.74, 6) is 0.749. The molecule has 1 saturated carbocycles. The Hall–Kier alpha value is -3.97. The number of hydrogen-bond donors (Lipinski definition) is 0. The maximum atomic E-state index is 14.7. The molecular weight excluding hydrogens is 516 g/mol. The highest BCUT2D eigenvalue weighted by Crippen LogP contribution is 2.49. The number of para-hydroxylation sites is 1. The van der Waals surface area contributed by atoms with E-state index in [-0.39, 0.29) is 22.5 Å². The molecule has 1 fully saturated rings. The first-order chi connectivity index (χ1) is 19.6. The number of hydrogen-bond acceptors (Lipinski definition) is 5. The van der Waals surface area contributed by atoms with Crippen LogP contribution < -0.4 is 5.56 Å². The summed E-state index contributed by atoms with van der Waals surface area (Å²) in [6.45, 7) is 2.02. The van der Waals surface area contributed by atoms with E-state index in [0.717, 1.165) is 60.2 Å². The lowest BCUT2D eigenvalue weighted by molar-refractivity contribution is 0.102. The highest BCUT2D eigenvalue weighted by molar-refractivity contribution is 7.99. The summed E-state index contributed by atoms with van der Waals surface area (Å²) in [5, 5.41) is 9.83. The molecule has 0 atom stereocenters. The Labute approximate surface area is 237 Å². The van der Waals surface area contributed by atoms with Crippen LogP contribution in [0.15, 0.2) is 88.8 Å². The molecule has 3 aromatic carbocycles. The van der Waals surface area contributed by atoms with Gasteiger partial charge in [-0.3, -0.25) is 14.0 Å². The number of carbonyl (C=O) groups is 1. The van der Waals surface area contributed by atoms with Crippen LogP contribution in [0, 0.1) is 6.92 Å². The third-order valence-corrected chi connectivity index (χ3v) is 9.55. The lowest BCUT2D eigenvalue weighted by Crippen LogP contribution is -2.43. The Morgan fingerprint density at radius 1 is 0.900 bits per heavy atom. The van der Waals surface area contributed by atoms with Crippen LogP contribution in [0.5, 0.6) is 0 Å². The lowest BCUT2D eigenvalue weighted by atomic mass is 9.62. The number of aryl methyl sites for hydroxylation is 1. The molecule has 1 spiro atoms. The zero-order valence-corrected chi connectivity index (χ0v) is 23.3. The van der Waals surface area contributed by atoms with E-state index in [2.05, 4.69) is 32.8 Å². The molecule has 0 aliphatic heterocycles. The van der Waals surface area contributed by atoms with Crippen LogP contribution in [0.1, 0.15) is 59.2 Å². The number of aromatic nitrogens is 4. The van der Waals surface area contributed by atoms with Gasteiger partial charge in [0.2, 0.25) is 5.78 Å². The predicted octanol–water partition coefficient (Wildman–Crippen LogP) is 6.59. The Kier molecular flexibility index (Phi) is 6.19. The summed E-state index contributed by atoms with van der Waals surface area (Å²) < 4.78 is 3.81. The second kappa shape index (κ2) is 9.89. The predicted molar refractivity (Wildman–Crippen MR) is 159 cm³/mol. The first-order valence-corrected chi connectivity index (χ1v) is 15.0. The van der Waals surface area contributed by atoms with Gasteiger partial charge in [0.1, 0.15) is 0 Å². The normalized spacial score (nSPS) is 15.6. The minimum absolute atomic E-state index is 0.00230. The zero-order valence-electron chi connectivity index (χ0n) is 22.5. The Morgan fingerprint density at radius 3 is 2.42 bits per heavy atom. The van der Waals surface area contributed by atoms with Gasteiger partial charge in [0.15, 0.2) is 10.9 Å². The first kappa shape index (κ1) is 25.0. The number of rotatable bonds is 5. The molecule has 40 heavy (non-hydrogen) atoms. The molecule has 5 aromatic rings. The van der Waals surface area contributed by atoms with E-state index in [0.29, 0.717) is 16.5 Å². The van der Waals surface area contributed by atoms with Crippen molar-refractivity contribution < 1.29 is 4.79 Å². The van der Waals surface area contributed by atoms with Crippen LogP contribution in [-0.4, -0.2) is 30.7 Å². The van der Waals surface area contributed by atoms with Crippen molar-refractivity contribution in [2.45, 2.75) is 56.0 Å². The van der Waals surface area contributed by atoms with Crippen LogP contribution in [0.3, 0.4) is 0 Å². The van der Waals surface area contributed by atoms with Crippen molar-refractivity contribution in [2.75, 3.05) is 5.75 Å². The molecule has 0 saturated heterocycles. The maximum absolute atomic E-state index is 14.7.